The van der Waals surface area contributed by atoms with Crippen LogP contribution in [0, 0.1) is 0 Å². The Morgan fingerprint density at radius 1 is 0.296 bits per heavy atom. The lowest BCUT2D eigenvalue weighted by Crippen LogP contribution is -2.30. The highest BCUT2D eigenvalue weighted by Crippen LogP contribution is 2.13. The lowest BCUT2D eigenvalue weighted by atomic mass is 10.1. The maximum atomic E-state index is 12.9. The van der Waals surface area contributed by atoms with E-state index >= 15 is 0 Å². The molecule has 0 aromatic carbocycles. The normalized spacial score (nSPS) is 13.1. The van der Waals surface area contributed by atoms with E-state index in [2.05, 4.69) is 154 Å². The molecule has 0 bridgehead atoms. The van der Waals surface area contributed by atoms with Gasteiger partial charge in [0.25, 0.3) is 0 Å². The van der Waals surface area contributed by atoms with Crippen molar-refractivity contribution in [2.24, 2.45) is 0 Å². The Kier molecular flexibility index (Phi) is 54.5. The first-order chi connectivity index (χ1) is 35.0. The summed E-state index contributed by atoms with van der Waals surface area (Å²) in [6, 6.07) is 0. The van der Waals surface area contributed by atoms with E-state index in [0.29, 0.717) is 25.7 Å². The first-order valence-electron chi connectivity index (χ1n) is 28.7. The Balaban J connectivity index is 4.51. The molecule has 0 spiro atoms. The third-order valence-corrected chi connectivity index (χ3v) is 11.6. The van der Waals surface area contributed by atoms with Crippen molar-refractivity contribution in [1.29, 1.82) is 0 Å². The number of hydrogen-bond donors (Lipinski definition) is 0. The molecule has 0 aliphatic carbocycles. The molecule has 0 saturated carbocycles. The largest absolute Gasteiger partial charge is 0.462 e. The molecular weight excluding hydrogens is 877 g/mol. The fourth-order valence-corrected chi connectivity index (χ4v) is 7.37. The number of carbonyl (C=O) groups is 3. The zero-order chi connectivity index (χ0) is 51.4. The van der Waals surface area contributed by atoms with Crippen LogP contribution in [0.2, 0.25) is 0 Å². The van der Waals surface area contributed by atoms with Crippen LogP contribution in [-0.2, 0) is 28.6 Å². The predicted octanol–water partition coefficient (Wildman–Crippen LogP) is 19.4. The van der Waals surface area contributed by atoms with Crippen LogP contribution >= 0.6 is 0 Å². The molecule has 0 fully saturated rings. The molecule has 0 N–H and O–H groups in total. The summed E-state index contributed by atoms with van der Waals surface area (Å²) in [5.41, 5.74) is 0. The molecule has 0 aliphatic rings. The van der Waals surface area contributed by atoms with Gasteiger partial charge in [0.2, 0.25) is 0 Å². The number of esters is 3. The molecule has 6 nitrogen and oxygen atoms in total. The minimum atomic E-state index is -0.813. The molecule has 0 aromatic heterocycles. The molecule has 1 unspecified atom stereocenters. The third kappa shape index (κ3) is 56.3. The van der Waals surface area contributed by atoms with E-state index < -0.39 is 6.10 Å². The highest BCUT2D eigenvalue weighted by molar-refractivity contribution is 5.71. The lowest BCUT2D eigenvalue weighted by molar-refractivity contribution is -0.167. The van der Waals surface area contributed by atoms with Crippen LogP contribution < -0.4 is 0 Å². The fourth-order valence-electron chi connectivity index (χ4n) is 7.37. The van der Waals surface area contributed by atoms with Crippen molar-refractivity contribution in [3.8, 4) is 0 Å². The summed E-state index contributed by atoms with van der Waals surface area (Å²) in [7, 11) is 0. The van der Waals surface area contributed by atoms with Gasteiger partial charge in [0, 0.05) is 19.3 Å². The highest BCUT2D eigenvalue weighted by Gasteiger charge is 2.19. The average Bonchev–Trinajstić information content (AvgIpc) is 3.37. The van der Waals surface area contributed by atoms with Gasteiger partial charge in [-0.15, -0.1) is 0 Å². The van der Waals surface area contributed by atoms with Crippen LogP contribution in [0.1, 0.15) is 239 Å². The van der Waals surface area contributed by atoms with E-state index in [0.717, 1.165) is 141 Å². The molecule has 0 aromatic rings. The summed E-state index contributed by atoms with van der Waals surface area (Å²) in [4.78, 5) is 38.2. The molecule has 0 amide bonds. The number of unbranched alkanes of at least 4 members (excludes halogenated alkanes) is 17. The van der Waals surface area contributed by atoms with Crippen LogP contribution in [0.5, 0.6) is 0 Å². The molecule has 71 heavy (non-hydrogen) atoms. The Labute approximate surface area is 436 Å². The van der Waals surface area contributed by atoms with Gasteiger partial charge in [-0.2, -0.15) is 0 Å². The monoisotopic (exact) mass is 981 g/mol. The summed E-state index contributed by atoms with van der Waals surface area (Å²) in [5.74, 6) is -0.981. The standard InChI is InChI=1S/C65H104O6/c1-4-7-10-13-16-19-22-25-28-30-31-32-33-35-37-40-43-46-49-52-55-58-64(67)70-61-62(60-69-63(66)57-54-51-48-45-42-39-36-27-24-21-18-15-12-9-6-3)71-65(68)59-56-53-50-47-44-41-38-34-29-26-23-20-17-14-11-8-5-2/h7,9-10,12,16-21,25-29,31-32,35-37,42,45,62H,4-6,8,11,13-15,22-24,30,33-34,38-41,43-44,46-61H2,1-3H3/b10-7-,12-9-,19-16-,20-17-,21-18-,28-25-,29-26-,32-31-,36-27-,37-35-,45-42-. The minimum Gasteiger partial charge on any atom is -0.462 e. The van der Waals surface area contributed by atoms with E-state index in [-0.39, 0.29) is 31.1 Å². The third-order valence-electron chi connectivity index (χ3n) is 11.6. The van der Waals surface area contributed by atoms with Crippen LogP contribution in [0.3, 0.4) is 0 Å². The quantitative estimate of drug-likeness (QED) is 0.0262. The predicted molar refractivity (Wildman–Crippen MR) is 306 cm³/mol. The van der Waals surface area contributed by atoms with Gasteiger partial charge in [-0.25, -0.2) is 0 Å². The van der Waals surface area contributed by atoms with Gasteiger partial charge in [-0.1, -0.05) is 219 Å². The molecule has 6 heteroatoms. The number of ether oxygens (including phenoxy) is 3. The Morgan fingerprint density at radius 2 is 0.549 bits per heavy atom. The second kappa shape index (κ2) is 58.1. The van der Waals surface area contributed by atoms with Gasteiger partial charge in [0.1, 0.15) is 13.2 Å². The first-order valence-corrected chi connectivity index (χ1v) is 28.7. The molecule has 400 valence electrons. The SMILES string of the molecule is CC/C=C\C/C=C\C/C=C\C/C=C\C/C=C\CCCCCCCC(=O)OCC(COC(=O)CCCC/C=C\C/C=C\C/C=C\C/C=C\CC)OC(=O)CCCCCCCCC/C=C\C/C=C\CCCCC. The van der Waals surface area contributed by atoms with Crippen LogP contribution in [-0.4, -0.2) is 37.2 Å². The number of rotatable bonds is 50. The smallest absolute Gasteiger partial charge is 0.306 e. The average molecular weight is 982 g/mol. The van der Waals surface area contributed by atoms with E-state index in [1.165, 1.54) is 51.4 Å². The second-order valence-electron chi connectivity index (χ2n) is 18.4. The highest BCUT2D eigenvalue weighted by atomic mass is 16.6. The van der Waals surface area contributed by atoms with Gasteiger partial charge in [-0.05, 0) is 135 Å². The number of allylic oxidation sites excluding steroid dienone is 22. The molecule has 0 heterocycles. The van der Waals surface area contributed by atoms with E-state index in [1.54, 1.807) is 0 Å². The second-order valence-corrected chi connectivity index (χ2v) is 18.4. The minimum absolute atomic E-state index is 0.109. The summed E-state index contributed by atoms with van der Waals surface area (Å²) >= 11 is 0. The summed E-state index contributed by atoms with van der Waals surface area (Å²) < 4.78 is 16.8. The van der Waals surface area contributed by atoms with E-state index in [9.17, 15) is 14.4 Å². The van der Waals surface area contributed by atoms with Crippen molar-refractivity contribution in [2.45, 2.75) is 245 Å². The maximum absolute atomic E-state index is 12.9. The number of hydrogen-bond acceptors (Lipinski definition) is 6. The van der Waals surface area contributed by atoms with Gasteiger partial charge in [0.15, 0.2) is 6.10 Å². The van der Waals surface area contributed by atoms with Crippen LogP contribution in [0.25, 0.3) is 0 Å². The van der Waals surface area contributed by atoms with Crippen LogP contribution in [0.4, 0.5) is 0 Å². The van der Waals surface area contributed by atoms with E-state index in [1.807, 2.05) is 0 Å². The first kappa shape index (κ1) is 66.6. The Hall–Kier alpha value is -4.45. The zero-order valence-electron chi connectivity index (χ0n) is 45.7. The molecular formula is C65H104O6. The molecule has 0 radical (unpaired) electrons. The zero-order valence-corrected chi connectivity index (χ0v) is 45.7. The fraction of sp³-hybridized carbons (Fsp3) is 0.615. The molecule has 0 aliphatic heterocycles. The number of carbonyl (C=O) groups excluding carboxylic acids is 3. The van der Waals surface area contributed by atoms with Crippen molar-refractivity contribution in [3.05, 3.63) is 134 Å². The van der Waals surface area contributed by atoms with Crippen molar-refractivity contribution >= 4 is 17.9 Å². The summed E-state index contributed by atoms with van der Waals surface area (Å²) in [6.45, 7) is 6.32. The van der Waals surface area contributed by atoms with Crippen molar-refractivity contribution in [1.82, 2.24) is 0 Å². The topological polar surface area (TPSA) is 78.9 Å². The van der Waals surface area contributed by atoms with Gasteiger partial charge in [-0.3, -0.25) is 14.4 Å². The maximum Gasteiger partial charge on any atom is 0.306 e. The van der Waals surface area contributed by atoms with Crippen molar-refractivity contribution < 1.29 is 28.6 Å². The van der Waals surface area contributed by atoms with Crippen molar-refractivity contribution in [3.63, 3.8) is 0 Å². The molecule has 0 saturated heterocycles. The lowest BCUT2D eigenvalue weighted by Gasteiger charge is -2.18. The Morgan fingerprint density at radius 3 is 0.887 bits per heavy atom. The van der Waals surface area contributed by atoms with Crippen molar-refractivity contribution in [2.75, 3.05) is 13.2 Å². The van der Waals surface area contributed by atoms with Gasteiger partial charge < -0.3 is 14.2 Å². The summed E-state index contributed by atoms with van der Waals surface area (Å²) in [5, 5.41) is 0. The molecule has 0 rings (SSSR count). The summed E-state index contributed by atoms with van der Waals surface area (Å²) in [6.07, 6.45) is 81.5. The van der Waals surface area contributed by atoms with Gasteiger partial charge >= 0.3 is 17.9 Å². The molecule has 1 atom stereocenters. The van der Waals surface area contributed by atoms with E-state index in [4.69, 9.17) is 14.2 Å². The Bertz CT molecular complexity index is 1550. The van der Waals surface area contributed by atoms with Crippen LogP contribution in [0.15, 0.2) is 134 Å². The van der Waals surface area contributed by atoms with Gasteiger partial charge in [0.05, 0.1) is 0 Å².